The number of aldehydes is 1. The van der Waals surface area contributed by atoms with Crippen molar-refractivity contribution in [1.29, 1.82) is 0 Å². The van der Waals surface area contributed by atoms with E-state index < -0.39 is 0 Å². The van der Waals surface area contributed by atoms with Crippen molar-refractivity contribution in [2.75, 3.05) is 6.61 Å². The van der Waals surface area contributed by atoms with Gasteiger partial charge in [-0.25, -0.2) is 0 Å². The summed E-state index contributed by atoms with van der Waals surface area (Å²) in [7, 11) is 0. The zero-order valence-electron chi connectivity index (χ0n) is 8.73. The van der Waals surface area contributed by atoms with E-state index in [0.717, 1.165) is 0 Å². The van der Waals surface area contributed by atoms with Crippen molar-refractivity contribution in [2.24, 2.45) is 5.92 Å². The van der Waals surface area contributed by atoms with Crippen LogP contribution in [-0.4, -0.2) is 27.7 Å². The molecule has 78 valence electrons. The lowest BCUT2D eigenvalue weighted by atomic mass is 10.2. The molecule has 14 heavy (non-hydrogen) atoms. The van der Waals surface area contributed by atoms with Crippen LogP contribution in [0.1, 0.15) is 31.4 Å². The summed E-state index contributed by atoms with van der Waals surface area (Å²) in [5.41, 5.74) is 0. The average molecular weight is 197 g/mol. The highest BCUT2D eigenvalue weighted by atomic mass is 16.5. The number of nitrogens with zero attached hydrogens (tertiary/aromatic N) is 3. The maximum atomic E-state index is 10.6. The molecular formula is C9H15N3O2. The van der Waals surface area contributed by atoms with Gasteiger partial charge in [0.1, 0.15) is 0 Å². The van der Waals surface area contributed by atoms with Gasteiger partial charge in [0.2, 0.25) is 0 Å². The highest BCUT2D eigenvalue weighted by Crippen LogP contribution is 2.12. The third kappa shape index (κ3) is 2.31. The van der Waals surface area contributed by atoms with Crippen LogP contribution in [-0.2, 0) is 6.54 Å². The van der Waals surface area contributed by atoms with Crippen molar-refractivity contribution in [3.63, 3.8) is 0 Å². The van der Waals surface area contributed by atoms with E-state index >= 15 is 0 Å². The van der Waals surface area contributed by atoms with Crippen molar-refractivity contribution >= 4 is 6.29 Å². The first-order chi connectivity index (χ1) is 6.69. The largest absolute Gasteiger partial charge is 0.464 e. The number of hydrogen-bond donors (Lipinski definition) is 0. The smallest absolute Gasteiger partial charge is 0.317 e. The highest BCUT2D eigenvalue weighted by molar-refractivity contribution is 5.69. The summed E-state index contributed by atoms with van der Waals surface area (Å²) in [5, 5.41) is 7.52. The van der Waals surface area contributed by atoms with Crippen LogP contribution in [0.5, 0.6) is 6.01 Å². The SMILES string of the molecule is CCOc1nnc(C=O)n1CC(C)C. The predicted molar refractivity (Wildman–Crippen MR) is 51.4 cm³/mol. The summed E-state index contributed by atoms with van der Waals surface area (Å²) in [6.07, 6.45) is 0.692. The molecule has 5 heteroatoms. The Balaban J connectivity index is 2.93. The van der Waals surface area contributed by atoms with Gasteiger partial charge in [-0.05, 0) is 12.8 Å². The molecule has 1 rings (SSSR count). The minimum absolute atomic E-state index is 0.321. The quantitative estimate of drug-likeness (QED) is 0.664. The fourth-order valence-corrected chi connectivity index (χ4v) is 1.16. The molecule has 0 aliphatic heterocycles. The third-order valence-electron chi connectivity index (χ3n) is 1.67. The Morgan fingerprint density at radius 3 is 2.71 bits per heavy atom. The minimum atomic E-state index is 0.321. The van der Waals surface area contributed by atoms with Crippen LogP contribution in [0.25, 0.3) is 0 Å². The van der Waals surface area contributed by atoms with Gasteiger partial charge in [-0.15, -0.1) is 5.10 Å². The van der Waals surface area contributed by atoms with Gasteiger partial charge in [0, 0.05) is 6.54 Å². The molecule has 0 spiro atoms. The Bertz CT molecular complexity index is 307. The summed E-state index contributed by atoms with van der Waals surface area (Å²) in [4.78, 5) is 10.6. The molecule has 0 aromatic carbocycles. The molecule has 1 aromatic rings. The highest BCUT2D eigenvalue weighted by Gasteiger charge is 2.12. The zero-order valence-corrected chi connectivity index (χ0v) is 8.73. The van der Waals surface area contributed by atoms with Crippen LogP contribution >= 0.6 is 0 Å². The number of hydrogen-bond acceptors (Lipinski definition) is 4. The van der Waals surface area contributed by atoms with Crippen molar-refractivity contribution in [3.8, 4) is 6.01 Å². The Hall–Kier alpha value is -1.39. The van der Waals surface area contributed by atoms with E-state index in [-0.39, 0.29) is 0 Å². The number of ether oxygens (including phenoxy) is 1. The summed E-state index contributed by atoms with van der Waals surface area (Å²) < 4.78 is 6.95. The molecule has 0 saturated heterocycles. The van der Waals surface area contributed by atoms with Crippen molar-refractivity contribution in [1.82, 2.24) is 14.8 Å². The average Bonchev–Trinajstić information content (AvgIpc) is 2.48. The van der Waals surface area contributed by atoms with Crippen molar-refractivity contribution in [3.05, 3.63) is 5.82 Å². The van der Waals surface area contributed by atoms with Crippen molar-refractivity contribution < 1.29 is 9.53 Å². The van der Waals surface area contributed by atoms with Gasteiger partial charge in [0.05, 0.1) is 6.61 Å². The lowest BCUT2D eigenvalue weighted by Crippen LogP contribution is -2.10. The molecule has 0 N–H and O–H groups in total. The number of carbonyl (C=O) groups is 1. The van der Waals surface area contributed by atoms with Gasteiger partial charge in [0.15, 0.2) is 12.1 Å². The van der Waals surface area contributed by atoms with Gasteiger partial charge in [0.25, 0.3) is 0 Å². The standard InChI is InChI=1S/C9H15N3O2/c1-4-14-9-11-10-8(6-13)12(9)5-7(2)3/h6-7H,4-5H2,1-3H3. The molecule has 0 unspecified atom stereocenters. The lowest BCUT2D eigenvalue weighted by Gasteiger charge is -2.09. The molecular weight excluding hydrogens is 182 g/mol. The second-order valence-corrected chi connectivity index (χ2v) is 3.40. The first kappa shape index (κ1) is 10.7. The first-order valence-corrected chi connectivity index (χ1v) is 4.70. The second-order valence-electron chi connectivity index (χ2n) is 3.40. The Morgan fingerprint density at radius 2 is 2.21 bits per heavy atom. The fraction of sp³-hybridized carbons (Fsp3) is 0.667. The van der Waals surface area contributed by atoms with Gasteiger partial charge in [-0.2, -0.15) is 0 Å². The maximum absolute atomic E-state index is 10.6. The second kappa shape index (κ2) is 4.74. The Kier molecular flexibility index (Phi) is 3.62. The summed E-state index contributed by atoms with van der Waals surface area (Å²) >= 11 is 0. The minimum Gasteiger partial charge on any atom is -0.464 e. The zero-order chi connectivity index (χ0) is 10.6. The lowest BCUT2D eigenvalue weighted by molar-refractivity contribution is 0.110. The van der Waals surface area contributed by atoms with E-state index in [1.165, 1.54) is 0 Å². The molecule has 1 aromatic heterocycles. The van der Waals surface area contributed by atoms with E-state index in [2.05, 4.69) is 24.0 Å². The van der Waals surface area contributed by atoms with Crippen molar-refractivity contribution in [2.45, 2.75) is 27.3 Å². The normalized spacial score (nSPS) is 10.6. The van der Waals surface area contributed by atoms with Gasteiger partial charge in [-0.3, -0.25) is 9.36 Å². The van der Waals surface area contributed by atoms with Gasteiger partial charge >= 0.3 is 6.01 Å². The topological polar surface area (TPSA) is 57.0 Å². The van der Waals surface area contributed by atoms with E-state index in [0.29, 0.717) is 37.2 Å². The number of carbonyl (C=O) groups excluding carboxylic acids is 1. The van der Waals surface area contributed by atoms with E-state index in [4.69, 9.17) is 4.74 Å². The fourth-order valence-electron chi connectivity index (χ4n) is 1.16. The van der Waals surface area contributed by atoms with E-state index in [1.807, 2.05) is 6.92 Å². The van der Waals surface area contributed by atoms with E-state index in [1.54, 1.807) is 4.57 Å². The number of aromatic nitrogens is 3. The van der Waals surface area contributed by atoms with Crippen LogP contribution in [0, 0.1) is 5.92 Å². The van der Waals surface area contributed by atoms with Crippen LogP contribution < -0.4 is 4.74 Å². The molecule has 5 nitrogen and oxygen atoms in total. The van der Waals surface area contributed by atoms with Crippen LogP contribution in [0.15, 0.2) is 0 Å². The van der Waals surface area contributed by atoms with Crippen LogP contribution in [0.3, 0.4) is 0 Å². The maximum Gasteiger partial charge on any atom is 0.317 e. The number of rotatable bonds is 5. The third-order valence-corrected chi connectivity index (χ3v) is 1.67. The van der Waals surface area contributed by atoms with Crippen LogP contribution in [0.4, 0.5) is 0 Å². The van der Waals surface area contributed by atoms with Gasteiger partial charge < -0.3 is 4.74 Å². The predicted octanol–water partition coefficient (Wildman–Crippen LogP) is 1.15. The molecule has 0 atom stereocenters. The van der Waals surface area contributed by atoms with E-state index in [9.17, 15) is 4.79 Å². The summed E-state index contributed by atoms with van der Waals surface area (Å²) in [6.45, 7) is 7.20. The first-order valence-electron chi connectivity index (χ1n) is 4.70. The molecule has 0 bridgehead atoms. The summed E-state index contributed by atoms with van der Waals surface area (Å²) in [5.74, 6) is 0.742. The van der Waals surface area contributed by atoms with Crippen LogP contribution in [0.2, 0.25) is 0 Å². The molecule has 0 radical (unpaired) electrons. The molecule has 0 aliphatic rings. The molecule has 1 heterocycles. The molecule has 0 fully saturated rings. The molecule has 0 aliphatic carbocycles. The Labute approximate surface area is 83.1 Å². The summed E-state index contributed by atoms with van der Waals surface area (Å²) in [6, 6.07) is 0.420. The molecule has 0 saturated carbocycles. The van der Waals surface area contributed by atoms with Gasteiger partial charge in [-0.1, -0.05) is 18.9 Å². The Morgan fingerprint density at radius 1 is 1.50 bits per heavy atom. The molecule has 0 amide bonds. The monoisotopic (exact) mass is 197 g/mol.